The van der Waals surface area contributed by atoms with Gasteiger partial charge < -0.3 is 9.47 Å². The van der Waals surface area contributed by atoms with Crippen molar-refractivity contribution in [3.8, 4) is 0 Å². The summed E-state index contributed by atoms with van der Waals surface area (Å²) in [7, 11) is 0. The van der Waals surface area contributed by atoms with Crippen LogP contribution in [-0.4, -0.2) is 24.4 Å². The molecule has 6 rings (SSSR count). The molecule has 2 heteroatoms. The van der Waals surface area contributed by atoms with Crippen molar-refractivity contribution >= 4 is 0 Å². The van der Waals surface area contributed by atoms with Crippen LogP contribution in [-0.2, 0) is 9.47 Å². The van der Waals surface area contributed by atoms with Crippen molar-refractivity contribution in [2.45, 2.75) is 50.2 Å². The van der Waals surface area contributed by atoms with Gasteiger partial charge in [-0.05, 0) is 61.7 Å². The SMILES string of the molecule is CC1CC2C[C@@H]3C[C@@H](CC(C1)[C@]31CO1)[C@]21CO1. The van der Waals surface area contributed by atoms with E-state index in [0.29, 0.717) is 11.2 Å². The smallest absolute Gasteiger partial charge is 0.0972 e. The molecular formula is C15H22O2. The Balaban J connectivity index is 1.60. The average Bonchev–Trinajstić information content (AvgIpc) is 3.17. The molecule has 2 spiro atoms. The minimum Gasteiger partial charge on any atom is -0.369 e. The first kappa shape index (κ1) is 9.80. The highest BCUT2D eigenvalue weighted by atomic mass is 16.6. The third-order valence-electron chi connectivity index (χ3n) is 6.80. The third kappa shape index (κ3) is 1.06. The van der Waals surface area contributed by atoms with Gasteiger partial charge in [-0.25, -0.2) is 0 Å². The summed E-state index contributed by atoms with van der Waals surface area (Å²) < 4.78 is 12.0. The zero-order valence-corrected chi connectivity index (χ0v) is 10.7. The molecule has 4 aliphatic carbocycles. The van der Waals surface area contributed by atoms with Gasteiger partial charge in [-0.3, -0.25) is 0 Å². The van der Waals surface area contributed by atoms with Gasteiger partial charge in [-0.15, -0.1) is 0 Å². The topological polar surface area (TPSA) is 25.1 Å². The maximum Gasteiger partial charge on any atom is 0.0972 e. The van der Waals surface area contributed by atoms with E-state index >= 15 is 0 Å². The summed E-state index contributed by atoms with van der Waals surface area (Å²) in [5.41, 5.74) is 0.694. The molecule has 2 heterocycles. The molecule has 6 fully saturated rings. The zero-order valence-electron chi connectivity index (χ0n) is 10.7. The Kier molecular flexibility index (Phi) is 1.58. The molecule has 17 heavy (non-hydrogen) atoms. The molecule has 94 valence electrons. The van der Waals surface area contributed by atoms with Crippen molar-refractivity contribution in [1.29, 1.82) is 0 Å². The highest BCUT2D eigenvalue weighted by Gasteiger charge is 2.70. The molecule has 4 saturated carbocycles. The fraction of sp³-hybridized carbons (Fsp3) is 1.00. The molecule has 3 unspecified atom stereocenters. The van der Waals surface area contributed by atoms with Crippen molar-refractivity contribution in [2.24, 2.45) is 29.6 Å². The second kappa shape index (κ2) is 2.75. The van der Waals surface area contributed by atoms with Crippen LogP contribution in [0.4, 0.5) is 0 Å². The van der Waals surface area contributed by atoms with Gasteiger partial charge in [0.25, 0.3) is 0 Å². The van der Waals surface area contributed by atoms with E-state index in [2.05, 4.69) is 6.92 Å². The molecule has 2 nitrogen and oxygen atoms in total. The van der Waals surface area contributed by atoms with E-state index in [-0.39, 0.29) is 0 Å². The van der Waals surface area contributed by atoms with Crippen LogP contribution in [0, 0.1) is 29.6 Å². The van der Waals surface area contributed by atoms with E-state index in [1.54, 1.807) is 0 Å². The second-order valence-electron chi connectivity index (χ2n) is 7.56. The van der Waals surface area contributed by atoms with Crippen LogP contribution in [0.25, 0.3) is 0 Å². The lowest BCUT2D eigenvalue weighted by Gasteiger charge is -2.53. The molecular weight excluding hydrogens is 212 g/mol. The van der Waals surface area contributed by atoms with E-state index < -0.39 is 0 Å². The maximum absolute atomic E-state index is 6.00. The third-order valence-corrected chi connectivity index (χ3v) is 6.80. The van der Waals surface area contributed by atoms with Gasteiger partial charge in [0.05, 0.1) is 24.4 Å². The Labute approximate surface area is 103 Å². The quantitative estimate of drug-likeness (QED) is 0.602. The summed E-state index contributed by atoms with van der Waals surface area (Å²) in [6.45, 7) is 4.60. The summed E-state index contributed by atoms with van der Waals surface area (Å²) in [6.07, 6.45) is 7.04. The van der Waals surface area contributed by atoms with E-state index in [0.717, 1.165) is 42.8 Å². The van der Waals surface area contributed by atoms with Crippen molar-refractivity contribution in [2.75, 3.05) is 13.2 Å². The molecule has 2 aliphatic heterocycles. The van der Waals surface area contributed by atoms with Crippen molar-refractivity contribution in [3.05, 3.63) is 0 Å². The number of epoxide rings is 2. The van der Waals surface area contributed by atoms with Gasteiger partial charge in [0, 0.05) is 0 Å². The zero-order chi connectivity index (χ0) is 11.3. The lowest BCUT2D eigenvalue weighted by Crippen LogP contribution is -2.54. The standard InChI is InChI=1S/C15H22O2/c1-9-2-10-4-12-6-13(14(10)7-16-14)5-11(3-9)15(12)8-17-15/h9-13H,2-8H2,1H3/t9?,10?,11?,12-,13-,14-,15+/m1/s1. The Morgan fingerprint density at radius 3 is 1.41 bits per heavy atom. The Bertz CT molecular complexity index is 335. The van der Waals surface area contributed by atoms with Gasteiger partial charge >= 0.3 is 0 Å². The number of rotatable bonds is 0. The molecule has 0 N–H and O–H groups in total. The molecule has 6 aliphatic rings. The minimum absolute atomic E-state index is 0.347. The summed E-state index contributed by atoms with van der Waals surface area (Å²) in [6, 6.07) is 0. The van der Waals surface area contributed by atoms with Gasteiger partial charge in [0.2, 0.25) is 0 Å². The summed E-state index contributed by atoms with van der Waals surface area (Å²) >= 11 is 0. The molecule has 2 saturated heterocycles. The first-order valence-electron chi connectivity index (χ1n) is 7.51. The normalized spacial score (nSPS) is 67.2. The lowest BCUT2D eigenvalue weighted by molar-refractivity contribution is -0.0733. The minimum atomic E-state index is 0.347. The van der Waals surface area contributed by atoms with Crippen molar-refractivity contribution < 1.29 is 9.47 Å². The first-order valence-corrected chi connectivity index (χ1v) is 7.51. The molecule has 0 aromatic carbocycles. The van der Waals surface area contributed by atoms with Crippen molar-refractivity contribution in [3.63, 3.8) is 0 Å². The highest BCUT2D eigenvalue weighted by molar-refractivity contribution is 5.19. The maximum atomic E-state index is 6.00. The summed E-state index contributed by atoms with van der Waals surface area (Å²) in [5.74, 6) is 4.33. The number of hydrogen-bond acceptors (Lipinski definition) is 2. The highest BCUT2D eigenvalue weighted by Crippen LogP contribution is 2.67. The van der Waals surface area contributed by atoms with Crippen LogP contribution in [0.3, 0.4) is 0 Å². The van der Waals surface area contributed by atoms with Gasteiger partial charge in [-0.1, -0.05) is 6.92 Å². The van der Waals surface area contributed by atoms with E-state index in [9.17, 15) is 0 Å². The van der Waals surface area contributed by atoms with Crippen LogP contribution in [0.15, 0.2) is 0 Å². The number of hydrogen-bond donors (Lipinski definition) is 0. The molecule has 0 radical (unpaired) electrons. The van der Waals surface area contributed by atoms with Crippen LogP contribution in [0.5, 0.6) is 0 Å². The molecule has 7 atom stereocenters. The Morgan fingerprint density at radius 1 is 0.706 bits per heavy atom. The lowest BCUT2D eigenvalue weighted by atomic mass is 9.51. The molecule has 0 aromatic rings. The largest absolute Gasteiger partial charge is 0.369 e. The van der Waals surface area contributed by atoms with Crippen LogP contribution in [0.1, 0.15) is 39.0 Å². The fourth-order valence-corrected chi connectivity index (χ4v) is 5.85. The predicted molar refractivity (Wildman–Crippen MR) is 63.6 cm³/mol. The summed E-state index contributed by atoms with van der Waals surface area (Å²) in [4.78, 5) is 0. The van der Waals surface area contributed by atoms with Gasteiger partial charge in [-0.2, -0.15) is 0 Å². The molecule has 0 amide bonds. The average molecular weight is 234 g/mol. The van der Waals surface area contributed by atoms with Crippen LogP contribution >= 0.6 is 0 Å². The number of ether oxygens (including phenoxy) is 2. The summed E-state index contributed by atoms with van der Waals surface area (Å²) in [5, 5.41) is 0. The monoisotopic (exact) mass is 234 g/mol. The molecule has 0 aromatic heterocycles. The van der Waals surface area contributed by atoms with E-state index in [1.807, 2.05) is 0 Å². The second-order valence-corrected chi connectivity index (χ2v) is 7.56. The van der Waals surface area contributed by atoms with E-state index in [4.69, 9.17) is 9.47 Å². The van der Waals surface area contributed by atoms with Crippen LogP contribution < -0.4 is 0 Å². The van der Waals surface area contributed by atoms with Crippen LogP contribution in [0.2, 0.25) is 0 Å². The number of fused-ring (bicyclic) bond motifs is 2. The fourth-order valence-electron chi connectivity index (χ4n) is 5.85. The first-order chi connectivity index (χ1) is 8.23. The van der Waals surface area contributed by atoms with E-state index in [1.165, 1.54) is 32.1 Å². The molecule has 4 bridgehead atoms. The van der Waals surface area contributed by atoms with Gasteiger partial charge in [0.1, 0.15) is 0 Å². The Morgan fingerprint density at radius 2 is 1.06 bits per heavy atom. The van der Waals surface area contributed by atoms with Gasteiger partial charge in [0.15, 0.2) is 0 Å². The Hall–Kier alpha value is -0.0800. The van der Waals surface area contributed by atoms with Crippen molar-refractivity contribution in [1.82, 2.24) is 0 Å². The predicted octanol–water partition coefficient (Wildman–Crippen LogP) is 2.62.